The molecule has 1 aromatic heterocycles. The topological polar surface area (TPSA) is 9.23 Å². The van der Waals surface area contributed by atoms with Crippen LogP contribution in [0.15, 0.2) is 41.8 Å². The second-order valence-corrected chi connectivity index (χ2v) is 5.80. The average Bonchev–Trinajstić information content (AvgIpc) is 2.81. The van der Waals surface area contributed by atoms with Crippen LogP contribution in [0.4, 0.5) is 8.78 Å². The standard InChI is InChI=1S/C13H11BrF2OS/c14-11(8-9-4-3-7-18-9)10-5-1-2-6-12(10)17-13(15)16/h1-7,11,13H,8H2. The van der Waals surface area contributed by atoms with Gasteiger partial charge in [-0.1, -0.05) is 40.2 Å². The Hall–Kier alpha value is -0.940. The van der Waals surface area contributed by atoms with Gasteiger partial charge >= 0.3 is 6.61 Å². The van der Waals surface area contributed by atoms with E-state index in [2.05, 4.69) is 20.7 Å². The van der Waals surface area contributed by atoms with Crippen LogP contribution in [0.25, 0.3) is 0 Å². The Morgan fingerprint density at radius 3 is 2.61 bits per heavy atom. The van der Waals surface area contributed by atoms with Crippen LogP contribution in [0.1, 0.15) is 15.3 Å². The van der Waals surface area contributed by atoms with E-state index in [4.69, 9.17) is 0 Å². The Morgan fingerprint density at radius 2 is 1.94 bits per heavy atom. The van der Waals surface area contributed by atoms with E-state index in [9.17, 15) is 8.78 Å². The first-order chi connectivity index (χ1) is 8.66. The first-order valence-corrected chi connectivity index (χ1v) is 7.16. The normalized spacial score (nSPS) is 12.7. The predicted octanol–water partition coefficient (Wildman–Crippen LogP) is 5.03. The minimum Gasteiger partial charge on any atom is -0.435 e. The van der Waals surface area contributed by atoms with E-state index in [1.54, 1.807) is 29.5 Å². The van der Waals surface area contributed by atoms with Crippen molar-refractivity contribution in [1.29, 1.82) is 0 Å². The van der Waals surface area contributed by atoms with E-state index < -0.39 is 6.61 Å². The van der Waals surface area contributed by atoms with Crippen molar-refractivity contribution in [3.05, 3.63) is 52.2 Å². The highest BCUT2D eigenvalue weighted by Gasteiger charge is 2.16. The molecule has 2 aromatic rings. The Kier molecular flexibility index (Phi) is 4.72. The predicted molar refractivity (Wildman–Crippen MR) is 72.8 cm³/mol. The maximum atomic E-state index is 12.3. The highest BCUT2D eigenvalue weighted by atomic mass is 79.9. The molecular weight excluding hydrogens is 322 g/mol. The lowest BCUT2D eigenvalue weighted by molar-refractivity contribution is -0.0504. The van der Waals surface area contributed by atoms with Crippen LogP contribution < -0.4 is 4.74 Å². The van der Waals surface area contributed by atoms with E-state index in [-0.39, 0.29) is 10.6 Å². The molecule has 0 amide bonds. The summed E-state index contributed by atoms with van der Waals surface area (Å²) in [5, 5.41) is 2.00. The van der Waals surface area contributed by atoms with Crippen molar-refractivity contribution in [3.8, 4) is 5.75 Å². The summed E-state index contributed by atoms with van der Waals surface area (Å²) < 4.78 is 29.1. The molecule has 1 nitrogen and oxygen atoms in total. The Balaban J connectivity index is 2.16. The number of halogens is 3. The van der Waals surface area contributed by atoms with Crippen molar-refractivity contribution >= 4 is 27.3 Å². The number of hydrogen-bond donors (Lipinski definition) is 0. The van der Waals surface area contributed by atoms with Crippen LogP contribution in [0.3, 0.4) is 0 Å². The minimum atomic E-state index is -2.80. The molecule has 1 atom stereocenters. The zero-order valence-corrected chi connectivity index (χ0v) is 11.8. The molecule has 1 aromatic carbocycles. The van der Waals surface area contributed by atoms with Gasteiger partial charge in [0, 0.05) is 15.3 Å². The Morgan fingerprint density at radius 1 is 1.17 bits per heavy atom. The summed E-state index contributed by atoms with van der Waals surface area (Å²) in [7, 11) is 0. The molecule has 0 aliphatic rings. The zero-order chi connectivity index (χ0) is 13.0. The molecular formula is C13H11BrF2OS. The third-order valence-electron chi connectivity index (χ3n) is 2.43. The largest absolute Gasteiger partial charge is 0.435 e. The fourth-order valence-electron chi connectivity index (χ4n) is 1.66. The summed E-state index contributed by atoms with van der Waals surface area (Å²) in [5.41, 5.74) is 0.742. The van der Waals surface area contributed by atoms with Gasteiger partial charge < -0.3 is 4.74 Å². The molecule has 0 saturated carbocycles. The van der Waals surface area contributed by atoms with Gasteiger partial charge in [0.25, 0.3) is 0 Å². The van der Waals surface area contributed by atoms with Crippen LogP contribution >= 0.6 is 27.3 Å². The lowest BCUT2D eigenvalue weighted by atomic mass is 10.1. The van der Waals surface area contributed by atoms with Crippen LogP contribution in [-0.4, -0.2) is 6.61 Å². The molecule has 0 aliphatic carbocycles. The maximum Gasteiger partial charge on any atom is 0.387 e. The third-order valence-corrected chi connectivity index (χ3v) is 4.15. The second kappa shape index (κ2) is 6.29. The number of benzene rings is 1. The van der Waals surface area contributed by atoms with Gasteiger partial charge in [0.05, 0.1) is 0 Å². The van der Waals surface area contributed by atoms with Gasteiger partial charge in [-0.3, -0.25) is 0 Å². The molecule has 18 heavy (non-hydrogen) atoms. The third kappa shape index (κ3) is 3.53. The van der Waals surface area contributed by atoms with Crippen molar-refractivity contribution < 1.29 is 13.5 Å². The van der Waals surface area contributed by atoms with Crippen LogP contribution in [-0.2, 0) is 6.42 Å². The summed E-state index contributed by atoms with van der Waals surface area (Å²) in [6.45, 7) is -2.80. The molecule has 1 heterocycles. The smallest absolute Gasteiger partial charge is 0.387 e. The molecule has 0 bridgehead atoms. The van der Waals surface area contributed by atoms with Gasteiger partial charge in [0.15, 0.2) is 0 Å². The van der Waals surface area contributed by atoms with Gasteiger partial charge in [-0.25, -0.2) is 0 Å². The zero-order valence-electron chi connectivity index (χ0n) is 9.35. The average molecular weight is 333 g/mol. The summed E-state index contributed by atoms with van der Waals surface area (Å²) in [6.07, 6.45) is 0.751. The van der Waals surface area contributed by atoms with Crippen LogP contribution in [0.2, 0.25) is 0 Å². The van der Waals surface area contributed by atoms with Gasteiger partial charge in [-0.2, -0.15) is 8.78 Å². The van der Waals surface area contributed by atoms with Crippen molar-refractivity contribution in [1.82, 2.24) is 0 Å². The quantitative estimate of drug-likeness (QED) is 0.698. The molecule has 0 aliphatic heterocycles. The van der Waals surface area contributed by atoms with E-state index in [0.29, 0.717) is 0 Å². The van der Waals surface area contributed by atoms with Gasteiger partial charge in [0.2, 0.25) is 0 Å². The fourth-order valence-corrected chi connectivity index (χ4v) is 3.35. The summed E-state index contributed by atoms with van der Waals surface area (Å²) >= 11 is 5.18. The summed E-state index contributed by atoms with van der Waals surface area (Å²) in [4.78, 5) is 1.16. The molecule has 0 fully saturated rings. The molecule has 0 N–H and O–H groups in total. The summed E-state index contributed by atoms with van der Waals surface area (Å²) in [5.74, 6) is 0.228. The number of rotatable bonds is 5. The lowest BCUT2D eigenvalue weighted by Crippen LogP contribution is -2.05. The van der Waals surface area contributed by atoms with Crippen molar-refractivity contribution in [2.75, 3.05) is 0 Å². The number of hydrogen-bond acceptors (Lipinski definition) is 2. The minimum absolute atomic E-state index is 0.0360. The van der Waals surface area contributed by atoms with E-state index >= 15 is 0 Å². The van der Waals surface area contributed by atoms with E-state index in [1.807, 2.05) is 23.6 Å². The van der Waals surface area contributed by atoms with E-state index in [1.165, 1.54) is 4.88 Å². The molecule has 0 saturated heterocycles. The monoisotopic (exact) mass is 332 g/mol. The number of alkyl halides is 3. The van der Waals surface area contributed by atoms with E-state index in [0.717, 1.165) is 12.0 Å². The van der Waals surface area contributed by atoms with Gasteiger partial charge in [-0.15, -0.1) is 11.3 Å². The molecule has 1 unspecified atom stereocenters. The first kappa shape index (κ1) is 13.5. The number of thiophene rings is 1. The first-order valence-electron chi connectivity index (χ1n) is 5.37. The number of para-hydroxylation sites is 1. The molecule has 5 heteroatoms. The van der Waals surface area contributed by atoms with Crippen LogP contribution in [0, 0.1) is 0 Å². The summed E-state index contributed by atoms with van der Waals surface area (Å²) in [6, 6.07) is 10.9. The van der Waals surface area contributed by atoms with Crippen LogP contribution in [0.5, 0.6) is 5.75 Å². The van der Waals surface area contributed by atoms with Crippen molar-refractivity contribution in [3.63, 3.8) is 0 Å². The Bertz CT molecular complexity index is 487. The highest BCUT2D eigenvalue weighted by molar-refractivity contribution is 9.09. The number of ether oxygens (including phenoxy) is 1. The SMILES string of the molecule is FC(F)Oc1ccccc1C(Br)Cc1cccs1. The second-order valence-electron chi connectivity index (χ2n) is 3.67. The molecule has 2 rings (SSSR count). The van der Waals surface area contributed by atoms with Gasteiger partial charge in [0.1, 0.15) is 5.75 Å². The van der Waals surface area contributed by atoms with Gasteiger partial charge in [-0.05, 0) is 23.9 Å². The van der Waals surface area contributed by atoms with Crippen molar-refractivity contribution in [2.24, 2.45) is 0 Å². The molecule has 0 radical (unpaired) electrons. The highest BCUT2D eigenvalue weighted by Crippen LogP contribution is 2.35. The lowest BCUT2D eigenvalue weighted by Gasteiger charge is -2.14. The molecule has 0 spiro atoms. The fraction of sp³-hybridized carbons (Fsp3) is 0.231. The maximum absolute atomic E-state index is 12.3. The van der Waals surface area contributed by atoms with Crippen molar-refractivity contribution in [2.45, 2.75) is 17.9 Å². The Labute approximate surface area is 117 Å². The molecule has 96 valence electrons.